The zero-order chi connectivity index (χ0) is 28.0. The van der Waals surface area contributed by atoms with Crippen LogP contribution in [0.5, 0.6) is 0 Å². The lowest BCUT2D eigenvalue weighted by Crippen LogP contribution is -2.30. The van der Waals surface area contributed by atoms with Gasteiger partial charge in [0, 0.05) is 47.7 Å². The zero-order valence-corrected chi connectivity index (χ0v) is 24.3. The van der Waals surface area contributed by atoms with Gasteiger partial charge in [0.15, 0.2) is 0 Å². The monoisotopic (exact) mass is 556 g/mol. The summed E-state index contributed by atoms with van der Waals surface area (Å²) >= 11 is 1.87. The van der Waals surface area contributed by atoms with Gasteiger partial charge in [0.05, 0.1) is 22.4 Å². The Kier molecular flexibility index (Phi) is 4.86. The van der Waals surface area contributed by atoms with Crippen molar-refractivity contribution in [2.24, 2.45) is 0 Å². The second-order valence-corrected chi connectivity index (χ2v) is 12.9. The Hall–Kier alpha value is -4.86. The summed E-state index contributed by atoms with van der Waals surface area (Å²) in [5.41, 5.74) is 10.0. The molecule has 0 bridgehead atoms. The third kappa shape index (κ3) is 3.20. The van der Waals surface area contributed by atoms with E-state index in [0.29, 0.717) is 0 Å². The van der Waals surface area contributed by atoms with Crippen LogP contribution >= 0.6 is 11.3 Å². The molecule has 2 nitrogen and oxygen atoms in total. The van der Waals surface area contributed by atoms with Crippen LogP contribution in [0, 0.1) is 0 Å². The maximum absolute atomic E-state index is 2.45. The maximum Gasteiger partial charge on any atom is 0.0541 e. The summed E-state index contributed by atoms with van der Waals surface area (Å²) in [6.45, 7) is 4.68. The van der Waals surface area contributed by atoms with E-state index in [-0.39, 0.29) is 5.41 Å². The van der Waals surface area contributed by atoms with E-state index < -0.39 is 0 Å². The van der Waals surface area contributed by atoms with Crippen molar-refractivity contribution in [2.45, 2.75) is 19.3 Å². The third-order valence-electron chi connectivity index (χ3n) is 9.17. The first-order valence-electron chi connectivity index (χ1n) is 14.5. The standard InChI is InChI=1S/C39H28N2S/c1-39(2)31-13-5-9-17-35(31)41(36-18-10-6-14-32(36)39)26-20-22-38-30(24-26)29-23-25(19-21-37(29)42-38)40-33-15-7-3-11-27(33)28-12-4-8-16-34(28)40/h3-24H,1-2H3. The average molecular weight is 557 g/mol. The molecule has 0 radical (unpaired) electrons. The molecule has 0 fully saturated rings. The number of rotatable bonds is 2. The number of hydrogen-bond donors (Lipinski definition) is 0. The summed E-state index contributed by atoms with van der Waals surface area (Å²) in [5, 5.41) is 5.18. The first-order valence-corrected chi connectivity index (χ1v) is 15.4. The molecule has 3 heteroatoms. The molecule has 9 rings (SSSR count). The van der Waals surface area contributed by atoms with Gasteiger partial charge in [-0.1, -0.05) is 86.6 Å². The Morgan fingerprint density at radius 3 is 1.55 bits per heavy atom. The molecule has 6 aromatic carbocycles. The normalized spacial score (nSPS) is 14.1. The van der Waals surface area contributed by atoms with Gasteiger partial charge in [-0.3, -0.25) is 0 Å². The van der Waals surface area contributed by atoms with E-state index in [9.17, 15) is 0 Å². The smallest absolute Gasteiger partial charge is 0.0541 e. The van der Waals surface area contributed by atoms with Crippen LogP contribution in [0.4, 0.5) is 17.1 Å². The first kappa shape index (κ1) is 23.8. The molecule has 0 saturated carbocycles. The molecule has 0 aliphatic carbocycles. The Bertz CT molecular complexity index is 2250. The Labute approximate surface area is 248 Å². The largest absolute Gasteiger partial charge is 0.310 e. The number of fused-ring (bicyclic) bond motifs is 8. The molecule has 0 atom stereocenters. The number of aromatic nitrogens is 1. The number of benzene rings is 6. The van der Waals surface area contributed by atoms with Crippen LogP contribution < -0.4 is 4.90 Å². The third-order valence-corrected chi connectivity index (χ3v) is 10.3. The molecule has 0 amide bonds. The molecule has 0 unspecified atom stereocenters. The molecular formula is C39H28N2S. The van der Waals surface area contributed by atoms with E-state index in [2.05, 4.69) is 157 Å². The topological polar surface area (TPSA) is 8.17 Å². The van der Waals surface area contributed by atoms with E-state index in [1.807, 2.05) is 11.3 Å². The highest BCUT2D eigenvalue weighted by atomic mass is 32.1. The average Bonchev–Trinajstić information content (AvgIpc) is 3.56. The van der Waals surface area contributed by atoms with Gasteiger partial charge in [-0.05, 0) is 71.8 Å². The number of thiophene rings is 1. The van der Waals surface area contributed by atoms with Gasteiger partial charge in [-0.15, -0.1) is 11.3 Å². The van der Waals surface area contributed by atoms with Crippen LogP contribution in [0.25, 0.3) is 47.7 Å². The fourth-order valence-corrected chi connectivity index (χ4v) is 8.25. The summed E-state index contributed by atoms with van der Waals surface area (Å²) in [5.74, 6) is 0. The number of anilines is 3. The van der Waals surface area contributed by atoms with Crippen molar-refractivity contribution >= 4 is 70.4 Å². The van der Waals surface area contributed by atoms with Gasteiger partial charge in [0.25, 0.3) is 0 Å². The molecule has 8 aromatic rings. The molecular weight excluding hydrogens is 529 g/mol. The van der Waals surface area contributed by atoms with Crippen molar-refractivity contribution in [3.8, 4) is 5.69 Å². The van der Waals surface area contributed by atoms with E-state index in [4.69, 9.17) is 0 Å². The van der Waals surface area contributed by atoms with Gasteiger partial charge in [-0.25, -0.2) is 0 Å². The lowest BCUT2D eigenvalue weighted by Gasteiger charge is -2.42. The summed E-state index contributed by atoms with van der Waals surface area (Å²) in [6, 6.07) is 49.2. The van der Waals surface area contributed by atoms with Crippen molar-refractivity contribution in [3.05, 3.63) is 145 Å². The quantitative estimate of drug-likeness (QED) is 0.206. The highest BCUT2D eigenvalue weighted by molar-refractivity contribution is 7.25. The van der Waals surface area contributed by atoms with Gasteiger partial charge in [-0.2, -0.15) is 0 Å². The summed E-state index contributed by atoms with van der Waals surface area (Å²) in [7, 11) is 0. The number of para-hydroxylation sites is 4. The first-order chi connectivity index (χ1) is 20.6. The highest BCUT2D eigenvalue weighted by Gasteiger charge is 2.36. The van der Waals surface area contributed by atoms with Crippen molar-refractivity contribution < 1.29 is 0 Å². The second-order valence-electron chi connectivity index (χ2n) is 11.8. The predicted octanol–water partition coefficient (Wildman–Crippen LogP) is 11.3. The molecule has 0 spiro atoms. The molecule has 3 heterocycles. The van der Waals surface area contributed by atoms with Gasteiger partial charge in [0.1, 0.15) is 0 Å². The Morgan fingerprint density at radius 1 is 0.476 bits per heavy atom. The summed E-state index contributed by atoms with van der Waals surface area (Å²) in [6.07, 6.45) is 0. The van der Waals surface area contributed by atoms with Gasteiger partial charge >= 0.3 is 0 Å². The van der Waals surface area contributed by atoms with Gasteiger partial charge in [0.2, 0.25) is 0 Å². The lowest BCUT2D eigenvalue weighted by atomic mass is 9.73. The lowest BCUT2D eigenvalue weighted by molar-refractivity contribution is 0.632. The number of hydrogen-bond acceptors (Lipinski definition) is 2. The van der Waals surface area contributed by atoms with E-state index in [1.54, 1.807) is 0 Å². The van der Waals surface area contributed by atoms with Gasteiger partial charge < -0.3 is 9.47 Å². The fraction of sp³-hybridized carbons (Fsp3) is 0.0769. The molecule has 200 valence electrons. The minimum absolute atomic E-state index is 0.0694. The Balaban J connectivity index is 1.28. The zero-order valence-electron chi connectivity index (χ0n) is 23.5. The van der Waals surface area contributed by atoms with Crippen molar-refractivity contribution in [1.29, 1.82) is 0 Å². The van der Waals surface area contributed by atoms with Crippen molar-refractivity contribution in [2.75, 3.05) is 4.90 Å². The molecule has 0 saturated heterocycles. The molecule has 2 aromatic heterocycles. The van der Waals surface area contributed by atoms with Crippen LogP contribution in [-0.4, -0.2) is 4.57 Å². The second kappa shape index (κ2) is 8.58. The Morgan fingerprint density at radius 2 is 0.952 bits per heavy atom. The molecule has 1 aliphatic heterocycles. The predicted molar refractivity (Wildman–Crippen MR) is 180 cm³/mol. The highest BCUT2D eigenvalue weighted by Crippen LogP contribution is 2.52. The van der Waals surface area contributed by atoms with Crippen LogP contribution in [0.2, 0.25) is 0 Å². The van der Waals surface area contributed by atoms with E-state index in [1.165, 1.54) is 75.9 Å². The minimum Gasteiger partial charge on any atom is -0.310 e. The SMILES string of the molecule is CC1(C)c2ccccc2N(c2ccc3sc4ccc(-n5c6ccccc6c6ccccc65)cc4c3c2)c2ccccc21. The maximum atomic E-state index is 2.45. The summed E-state index contributed by atoms with van der Waals surface area (Å²) in [4.78, 5) is 2.45. The molecule has 42 heavy (non-hydrogen) atoms. The number of nitrogens with zero attached hydrogens (tertiary/aromatic N) is 2. The molecule has 0 N–H and O–H groups in total. The minimum atomic E-state index is -0.0694. The van der Waals surface area contributed by atoms with Crippen LogP contribution in [-0.2, 0) is 5.41 Å². The van der Waals surface area contributed by atoms with Crippen molar-refractivity contribution in [3.63, 3.8) is 0 Å². The fourth-order valence-electron chi connectivity index (χ4n) is 7.18. The molecule has 1 aliphatic rings. The van der Waals surface area contributed by atoms with E-state index >= 15 is 0 Å². The summed E-state index contributed by atoms with van der Waals surface area (Å²) < 4.78 is 5.04. The van der Waals surface area contributed by atoms with Crippen molar-refractivity contribution in [1.82, 2.24) is 4.57 Å². The van der Waals surface area contributed by atoms with Crippen LogP contribution in [0.3, 0.4) is 0 Å². The van der Waals surface area contributed by atoms with Crippen LogP contribution in [0.15, 0.2) is 133 Å². The van der Waals surface area contributed by atoms with E-state index in [0.717, 1.165) is 0 Å². The van der Waals surface area contributed by atoms with Crippen LogP contribution in [0.1, 0.15) is 25.0 Å².